The maximum absolute atomic E-state index is 5.39. The number of halogens is 1. The summed E-state index contributed by atoms with van der Waals surface area (Å²) in [6.45, 7) is 4.26. The lowest BCUT2D eigenvalue weighted by molar-refractivity contribution is 0.353. The van der Waals surface area contributed by atoms with E-state index in [4.69, 9.17) is 21.7 Å². The van der Waals surface area contributed by atoms with Crippen molar-refractivity contribution in [3.8, 4) is 11.5 Å². The lowest BCUT2D eigenvalue weighted by Crippen LogP contribution is -2.05. The fourth-order valence-corrected chi connectivity index (χ4v) is 3.24. The highest BCUT2D eigenvalue weighted by molar-refractivity contribution is 9.10. The van der Waals surface area contributed by atoms with Crippen molar-refractivity contribution < 1.29 is 9.47 Å². The van der Waals surface area contributed by atoms with Crippen LogP contribution >= 0.6 is 28.1 Å². The molecule has 0 unspecified atom stereocenters. The Balaban J connectivity index is 2.43. The zero-order chi connectivity index (χ0) is 17.7. The molecule has 0 saturated carbocycles. The number of H-pyrrole nitrogens is 1. The lowest BCUT2D eigenvalue weighted by Gasteiger charge is -2.12. The quantitative estimate of drug-likeness (QED) is 0.536. The van der Waals surface area contributed by atoms with Gasteiger partial charge in [-0.2, -0.15) is 14.9 Å². The van der Waals surface area contributed by atoms with Crippen molar-refractivity contribution in [2.75, 3.05) is 14.2 Å². The van der Waals surface area contributed by atoms with Crippen LogP contribution in [0.4, 0.5) is 0 Å². The number of nitrogens with zero attached hydrogens (tertiary/aromatic N) is 3. The maximum atomic E-state index is 5.39. The van der Waals surface area contributed by atoms with E-state index in [2.05, 4.69) is 45.1 Å². The average molecular weight is 413 g/mol. The van der Waals surface area contributed by atoms with Gasteiger partial charge in [0.05, 0.1) is 24.9 Å². The second kappa shape index (κ2) is 8.43. The molecule has 1 aromatic carbocycles. The second-order valence-electron chi connectivity index (χ2n) is 5.16. The smallest absolute Gasteiger partial charge is 0.216 e. The molecule has 2 rings (SSSR count). The van der Waals surface area contributed by atoms with Crippen molar-refractivity contribution in [1.82, 2.24) is 14.9 Å². The van der Waals surface area contributed by atoms with Gasteiger partial charge in [-0.25, -0.2) is 0 Å². The van der Waals surface area contributed by atoms with Crippen LogP contribution in [-0.4, -0.2) is 35.3 Å². The third-order valence-electron chi connectivity index (χ3n) is 3.85. The molecule has 0 spiro atoms. The third-order valence-corrected chi connectivity index (χ3v) is 4.94. The Morgan fingerprint density at radius 2 is 2.04 bits per heavy atom. The first-order valence-electron chi connectivity index (χ1n) is 7.69. The van der Waals surface area contributed by atoms with Crippen molar-refractivity contribution in [2.24, 2.45) is 5.10 Å². The zero-order valence-corrected chi connectivity index (χ0v) is 16.6. The minimum absolute atomic E-state index is 0.309. The van der Waals surface area contributed by atoms with E-state index in [1.807, 2.05) is 12.1 Å². The summed E-state index contributed by atoms with van der Waals surface area (Å²) < 4.78 is 13.6. The normalized spacial score (nSPS) is 11.4. The van der Waals surface area contributed by atoms with Crippen molar-refractivity contribution in [2.45, 2.75) is 32.6 Å². The van der Waals surface area contributed by atoms with Crippen molar-refractivity contribution >= 4 is 34.4 Å². The van der Waals surface area contributed by atoms with Crippen LogP contribution in [0.5, 0.6) is 11.5 Å². The van der Waals surface area contributed by atoms with E-state index in [-0.39, 0.29) is 0 Å². The molecule has 6 nitrogen and oxygen atoms in total. The molecule has 130 valence electrons. The Kier molecular flexibility index (Phi) is 6.56. The van der Waals surface area contributed by atoms with E-state index in [0.29, 0.717) is 22.2 Å². The van der Waals surface area contributed by atoms with Crippen LogP contribution in [0.1, 0.15) is 44.0 Å². The molecule has 0 aliphatic heterocycles. The van der Waals surface area contributed by atoms with Crippen LogP contribution in [0.25, 0.3) is 0 Å². The fraction of sp³-hybridized carbons (Fsp3) is 0.438. The van der Waals surface area contributed by atoms with Gasteiger partial charge < -0.3 is 9.47 Å². The third kappa shape index (κ3) is 3.70. The van der Waals surface area contributed by atoms with Crippen LogP contribution in [0.3, 0.4) is 0 Å². The van der Waals surface area contributed by atoms with Gasteiger partial charge >= 0.3 is 0 Å². The number of hydrogen-bond acceptors (Lipinski definition) is 5. The Morgan fingerprint density at radius 1 is 1.33 bits per heavy atom. The summed E-state index contributed by atoms with van der Waals surface area (Å²) in [6.07, 6.45) is 3.68. The van der Waals surface area contributed by atoms with E-state index < -0.39 is 0 Å². The number of methoxy groups -OCH3 is 2. The van der Waals surface area contributed by atoms with Gasteiger partial charge in [0.15, 0.2) is 17.3 Å². The predicted molar refractivity (Wildman–Crippen MR) is 101 cm³/mol. The molecular formula is C16H21BrN4O2S. The van der Waals surface area contributed by atoms with Gasteiger partial charge in [0.1, 0.15) is 0 Å². The summed E-state index contributed by atoms with van der Waals surface area (Å²) in [5.74, 6) is 2.43. The number of hydrogen-bond donors (Lipinski definition) is 1. The van der Waals surface area contributed by atoms with Gasteiger partial charge in [-0.3, -0.25) is 5.10 Å². The van der Waals surface area contributed by atoms with E-state index >= 15 is 0 Å². The summed E-state index contributed by atoms with van der Waals surface area (Å²) in [7, 11) is 3.20. The summed E-state index contributed by atoms with van der Waals surface area (Å²) in [6, 6.07) is 3.73. The Labute approximate surface area is 155 Å². The predicted octanol–water partition coefficient (Wildman–Crippen LogP) is 4.51. The van der Waals surface area contributed by atoms with E-state index in [1.54, 1.807) is 25.1 Å². The molecule has 0 saturated heterocycles. The Bertz CT molecular complexity index is 781. The van der Waals surface area contributed by atoms with Gasteiger partial charge in [-0.15, -0.1) is 0 Å². The molecule has 24 heavy (non-hydrogen) atoms. The first kappa shape index (κ1) is 18.7. The van der Waals surface area contributed by atoms with E-state index in [9.17, 15) is 0 Å². The van der Waals surface area contributed by atoms with Gasteiger partial charge in [-0.1, -0.05) is 13.8 Å². The molecule has 0 amide bonds. The highest BCUT2D eigenvalue weighted by Crippen LogP contribution is 2.36. The minimum Gasteiger partial charge on any atom is -0.493 e. The molecule has 0 bridgehead atoms. The number of benzene rings is 1. The van der Waals surface area contributed by atoms with Crippen molar-refractivity contribution in [3.63, 3.8) is 0 Å². The number of aromatic amines is 1. The molecule has 0 aliphatic carbocycles. The molecule has 1 N–H and O–H groups in total. The SMILES string of the molecule is CCC(CC)c1n[nH]c(=S)n1/N=C\c1ccc(OC)c(OC)c1Br. The van der Waals surface area contributed by atoms with Crippen molar-refractivity contribution in [1.29, 1.82) is 0 Å². The van der Waals surface area contributed by atoms with Crippen molar-refractivity contribution in [3.05, 3.63) is 32.8 Å². The molecule has 2 aromatic rings. The van der Waals surface area contributed by atoms with Crippen LogP contribution in [0.15, 0.2) is 21.7 Å². The largest absolute Gasteiger partial charge is 0.493 e. The molecule has 0 aliphatic rings. The first-order valence-corrected chi connectivity index (χ1v) is 8.89. The fourth-order valence-electron chi connectivity index (χ4n) is 2.46. The molecule has 0 fully saturated rings. The zero-order valence-electron chi connectivity index (χ0n) is 14.2. The number of rotatable bonds is 7. The van der Waals surface area contributed by atoms with Crippen LogP contribution in [0.2, 0.25) is 0 Å². The number of nitrogens with one attached hydrogen (secondary N) is 1. The molecule has 0 radical (unpaired) electrons. The highest BCUT2D eigenvalue weighted by atomic mass is 79.9. The summed E-state index contributed by atoms with van der Waals surface area (Å²) in [5.41, 5.74) is 0.853. The first-order chi connectivity index (χ1) is 11.6. The second-order valence-corrected chi connectivity index (χ2v) is 6.34. The topological polar surface area (TPSA) is 64.4 Å². The Morgan fingerprint density at radius 3 is 2.62 bits per heavy atom. The average Bonchev–Trinajstić information content (AvgIpc) is 2.95. The highest BCUT2D eigenvalue weighted by Gasteiger charge is 2.16. The van der Waals surface area contributed by atoms with Gasteiger partial charge in [0.25, 0.3) is 0 Å². The van der Waals surface area contributed by atoms with Crippen LogP contribution in [0, 0.1) is 4.77 Å². The molecule has 1 heterocycles. The van der Waals surface area contributed by atoms with Crippen LogP contribution < -0.4 is 9.47 Å². The van der Waals surface area contributed by atoms with Gasteiger partial charge in [0.2, 0.25) is 4.77 Å². The summed E-state index contributed by atoms with van der Waals surface area (Å²) in [5, 5.41) is 11.7. The Hall–Kier alpha value is -1.67. The standard InChI is InChI=1S/C16H21BrN4O2S/c1-5-10(6-2)15-19-20-16(24)21(15)18-9-11-7-8-12(22-3)14(23-4)13(11)17/h7-10H,5-6H2,1-4H3,(H,20,24)/b18-9-. The molecule has 8 heteroatoms. The minimum atomic E-state index is 0.309. The molecular weight excluding hydrogens is 392 g/mol. The lowest BCUT2D eigenvalue weighted by atomic mass is 10.0. The van der Waals surface area contributed by atoms with Crippen LogP contribution in [-0.2, 0) is 0 Å². The van der Waals surface area contributed by atoms with E-state index in [0.717, 1.165) is 28.7 Å². The number of ether oxygens (including phenoxy) is 2. The maximum Gasteiger partial charge on any atom is 0.216 e. The van der Waals surface area contributed by atoms with E-state index in [1.165, 1.54) is 0 Å². The molecule has 1 aromatic heterocycles. The summed E-state index contributed by atoms with van der Waals surface area (Å²) in [4.78, 5) is 0. The van der Waals surface area contributed by atoms with Gasteiger partial charge in [-0.05, 0) is 53.1 Å². The van der Waals surface area contributed by atoms with Gasteiger partial charge in [0, 0.05) is 11.5 Å². The number of aromatic nitrogens is 3. The molecule has 0 atom stereocenters. The monoisotopic (exact) mass is 412 g/mol. The summed E-state index contributed by atoms with van der Waals surface area (Å²) >= 11 is 8.83.